The molecule has 0 radical (unpaired) electrons. The Balaban J connectivity index is 2.13. The topological polar surface area (TPSA) is 12.5 Å². The molecule has 0 N–H and O–H groups in total. The maximum Gasteiger partial charge on any atom is 0.423 e. The summed E-state index contributed by atoms with van der Waals surface area (Å²) in [5.74, 6) is 0. The van der Waals surface area contributed by atoms with Crippen molar-refractivity contribution >= 4 is 0 Å². The molecule has 0 amide bonds. The Morgan fingerprint density at radius 2 is 2.00 bits per heavy atom. The van der Waals surface area contributed by atoms with E-state index in [0.717, 1.165) is 6.08 Å². The third kappa shape index (κ3) is 1.60. The fourth-order valence-corrected chi connectivity index (χ4v) is 1.23. The highest BCUT2D eigenvalue weighted by Crippen LogP contribution is 2.36. The summed E-state index contributed by atoms with van der Waals surface area (Å²) >= 11 is 0. The van der Waals surface area contributed by atoms with E-state index in [1.807, 2.05) is 0 Å². The van der Waals surface area contributed by atoms with E-state index in [9.17, 15) is 17.6 Å². The maximum absolute atomic E-state index is 12.7. The molecule has 0 spiro atoms. The Hall–Kier alpha value is -0.840. The number of halogens is 4. The second-order valence-corrected chi connectivity index (χ2v) is 3.00. The van der Waals surface area contributed by atoms with Gasteiger partial charge in [-0.15, -0.1) is 0 Å². The van der Waals surface area contributed by atoms with Gasteiger partial charge >= 0.3 is 6.18 Å². The van der Waals surface area contributed by atoms with Gasteiger partial charge in [-0.05, 0) is 11.6 Å². The molecule has 3 unspecified atom stereocenters. The summed E-state index contributed by atoms with van der Waals surface area (Å²) in [7, 11) is 0. The second-order valence-electron chi connectivity index (χ2n) is 3.00. The Kier molecular flexibility index (Phi) is 1.73. The van der Waals surface area contributed by atoms with Gasteiger partial charge in [0.05, 0.1) is 0 Å². The number of fused-ring (bicyclic) bond motifs is 1. The fourth-order valence-electron chi connectivity index (χ4n) is 1.23. The quantitative estimate of drug-likeness (QED) is 0.460. The first kappa shape index (κ1) is 8.74. The van der Waals surface area contributed by atoms with Crippen LogP contribution in [0.2, 0.25) is 0 Å². The smallest absolute Gasteiger partial charge is 0.361 e. The van der Waals surface area contributed by atoms with Crippen LogP contribution < -0.4 is 0 Å². The van der Waals surface area contributed by atoms with Crippen LogP contribution in [0.15, 0.2) is 23.8 Å². The van der Waals surface area contributed by atoms with Crippen molar-refractivity contribution in [3.63, 3.8) is 0 Å². The van der Waals surface area contributed by atoms with Crippen LogP contribution in [0.3, 0.4) is 0 Å². The van der Waals surface area contributed by atoms with E-state index >= 15 is 0 Å². The van der Waals surface area contributed by atoms with Crippen molar-refractivity contribution in [2.24, 2.45) is 0 Å². The number of epoxide rings is 1. The molecule has 0 saturated carbocycles. The zero-order chi connectivity index (χ0) is 9.64. The molecule has 72 valence electrons. The largest absolute Gasteiger partial charge is 0.423 e. The normalized spacial score (nSPS) is 33.7. The van der Waals surface area contributed by atoms with Crippen LogP contribution in [0.5, 0.6) is 0 Å². The lowest BCUT2D eigenvalue weighted by Crippen LogP contribution is -2.26. The number of ether oxygens (including phenoxy) is 1. The van der Waals surface area contributed by atoms with Crippen LogP contribution in [-0.2, 0) is 4.74 Å². The summed E-state index contributed by atoms with van der Waals surface area (Å²) in [5, 5.41) is 0. The summed E-state index contributed by atoms with van der Waals surface area (Å²) < 4.78 is 53.2. The summed E-state index contributed by atoms with van der Waals surface area (Å²) in [6, 6.07) is 0. The fraction of sp³-hybridized carbons (Fsp3) is 0.500. The first-order valence-corrected chi connectivity index (χ1v) is 3.74. The Labute approximate surface area is 71.7 Å². The van der Waals surface area contributed by atoms with E-state index < -0.39 is 12.3 Å². The van der Waals surface area contributed by atoms with Gasteiger partial charge < -0.3 is 4.74 Å². The van der Waals surface area contributed by atoms with Gasteiger partial charge in [0.1, 0.15) is 12.2 Å². The van der Waals surface area contributed by atoms with Gasteiger partial charge in [-0.3, -0.25) is 0 Å². The third-order valence-corrected chi connectivity index (χ3v) is 1.98. The molecule has 2 aliphatic rings. The van der Waals surface area contributed by atoms with Crippen molar-refractivity contribution in [2.45, 2.75) is 24.6 Å². The molecule has 13 heavy (non-hydrogen) atoms. The first-order valence-electron chi connectivity index (χ1n) is 3.74. The molecule has 1 aliphatic carbocycles. The monoisotopic (exact) mass is 194 g/mol. The van der Waals surface area contributed by atoms with Gasteiger partial charge in [-0.2, -0.15) is 13.2 Å². The number of allylic oxidation sites excluding steroid dienone is 2. The van der Waals surface area contributed by atoms with Crippen molar-refractivity contribution in [3.8, 4) is 0 Å². The standard InChI is InChI=1S/C8H6F4O/c9-7(8(10,11)12)4-1-2-5-6(3-4)13-5/h1-3,5-7H. The molecule has 0 aromatic carbocycles. The van der Waals surface area contributed by atoms with Gasteiger partial charge in [0.25, 0.3) is 0 Å². The van der Waals surface area contributed by atoms with Crippen LogP contribution in [0.1, 0.15) is 0 Å². The number of hydrogen-bond acceptors (Lipinski definition) is 1. The Morgan fingerprint density at radius 3 is 2.54 bits per heavy atom. The van der Waals surface area contributed by atoms with E-state index in [-0.39, 0.29) is 17.8 Å². The van der Waals surface area contributed by atoms with Gasteiger partial charge in [-0.25, -0.2) is 4.39 Å². The SMILES string of the molecule is FC(C1=CC2OC2C=C1)C(F)(F)F. The average Bonchev–Trinajstić information content (AvgIpc) is 2.78. The minimum atomic E-state index is -4.82. The molecule has 1 heterocycles. The third-order valence-electron chi connectivity index (χ3n) is 1.98. The molecule has 1 aliphatic heterocycles. The summed E-state index contributed by atoms with van der Waals surface area (Å²) in [5.41, 5.74) is -0.355. The van der Waals surface area contributed by atoms with E-state index in [2.05, 4.69) is 0 Å². The maximum atomic E-state index is 12.7. The predicted molar refractivity (Wildman–Crippen MR) is 36.8 cm³/mol. The molecule has 1 nitrogen and oxygen atoms in total. The zero-order valence-electron chi connectivity index (χ0n) is 6.38. The van der Waals surface area contributed by atoms with Crippen LogP contribution in [-0.4, -0.2) is 24.6 Å². The van der Waals surface area contributed by atoms with E-state index in [0.29, 0.717) is 0 Å². The average molecular weight is 194 g/mol. The van der Waals surface area contributed by atoms with Crippen molar-refractivity contribution in [1.29, 1.82) is 0 Å². The lowest BCUT2D eigenvalue weighted by Gasteiger charge is -2.13. The lowest BCUT2D eigenvalue weighted by molar-refractivity contribution is -0.168. The number of rotatable bonds is 1. The highest BCUT2D eigenvalue weighted by Gasteiger charge is 2.45. The van der Waals surface area contributed by atoms with E-state index in [4.69, 9.17) is 4.74 Å². The van der Waals surface area contributed by atoms with Crippen LogP contribution in [0, 0.1) is 0 Å². The molecule has 0 aromatic heterocycles. The minimum Gasteiger partial charge on any atom is -0.361 e. The minimum absolute atomic E-state index is 0.135. The van der Waals surface area contributed by atoms with Gasteiger partial charge in [-0.1, -0.05) is 12.2 Å². The first-order chi connectivity index (χ1) is 5.98. The Morgan fingerprint density at radius 1 is 1.31 bits per heavy atom. The van der Waals surface area contributed by atoms with Crippen molar-refractivity contribution < 1.29 is 22.3 Å². The molecule has 1 saturated heterocycles. The second kappa shape index (κ2) is 2.57. The van der Waals surface area contributed by atoms with Crippen molar-refractivity contribution in [1.82, 2.24) is 0 Å². The molecule has 2 rings (SSSR count). The molecular formula is C8H6F4O. The highest BCUT2D eigenvalue weighted by molar-refractivity contribution is 5.35. The molecule has 1 fully saturated rings. The van der Waals surface area contributed by atoms with Gasteiger partial charge in [0.15, 0.2) is 0 Å². The van der Waals surface area contributed by atoms with E-state index in [1.54, 1.807) is 0 Å². The summed E-state index contributed by atoms with van der Waals surface area (Å²) in [4.78, 5) is 0. The number of alkyl halides is 4. The molecular weight excluding hydrogens is 188 g/mol. The van der Waals surface area contributed by atoms with Gasteiger partial charge in [0.2, 0.25) is 6.17 Å². The van der Waals surface area contributed by atoms with Crippen LogP contribution >= 0.6 is 0 Å². The lowest BCUT2D eigenvalue weighted by atomic mass is 10.0. The molecule has 3 atom stereocenters. The summed E-state index contributed by atoms with van der Waals surface area (Å²) in [6.45, 7) is 0. The van der Waals surface area contributed by atoms with Gasteiger partial charge in [0, 0.05) is 0 Å². The highest BCUT2D eigenvalue weighted by atomic mass is 19.4. The predicted octanol–water partition coefficient (Wildman–Crippen LogP) is 2.15. The van der Waals surface area contributed by atoms with Crippen LogP contribution in [0.25, 0.3) is 0 Å². The van der Waals surface area contributed by atoms with Crippen LogP contribution in [0.4, 0.5) is 17.6 Å². The molecule has 0 bridgehead atoms. The van der Waals surface area contributed by atoms with Crippen molar-refractivity contribution in [2.75, 3.05) is 0 Å². The molecule has 0 aromatic rings. The van der Waals surface area contributed by atoms with E-state index in [1.165, 1.54) is 12.2 Å². The zero-order valence-corrected chi connectivity index (χ0v) is 6.38. The van der Waals surface area contributed by atoms with Crippen molar-refractivity contribution in [3.05, 3.63) is 23.8 Å². The summed E-state index contributed by atoms with van der Waals surface area (Å²) in [6.07, 6.45) is -4.44. The Bertz CT molecular complexity index is 278. The number of hydrogen-bond donors (Lipinski definition) is 0. The molecule has 5 heteroatoms.